The lowest BCUT2D eigenvalue weighted by Gasteiger charge is -2.09. The van der Waals surface area contributed by atoms with Gasteiger partial charge in [-0.05, 0) is 17.7 Å². The maximum atomic E-state index is 12.7. The SMILES string of the molecule is CC(CON)c1cc(F)cc(F)c1. The Bertz CT molecular complexity index is 271. The monoisotopic (exact) mass is 187 g/mol. The topological polar surface area (TPSA) is 35.2 Å². The summed E-state index contributed by atoms with van der Waals surface area (Å²) < 4.78 is 25.4. The van der Waals surface area contributed by atoms with E-state index in [1.54, 1.807) is 6.92 Å². The minimum atomic E-state index is -0.584. The van der Waals surface area contributed by atoms with Crippen molar-refractivity contribution in [2.45, 2.75) is 12.8 Å². The Balaban J connectivity index is 2.87. The van der Waals surface area contributed by atoms with E-state index in [1.807, 2.05) is 0 Å². The molecule has 4 heteroatoms. The van der Waals surface area contributed by atoms with Crippen LogP contribution in [-0.2, 0) is 4.84 Å². The third-order valence-electron chi connectivity index (χ3n) is 1.80. The first-order valence-electron chi connectivity index (χ1n) is 3.91. The molecule has 0 aliphatic heterocycles. The van der Waals surface area contributed by atoms with Gasteiger partial charge >= 0.3 is 0 Å². The van der Waals surface area contributed by atoms with Gasteiger partial charge in [-0.3, -0.25) is 0 Å². The van der Waals surface area contributed by atoms with E-state index in [1.165, 1.54) is 12.1 Å². The minimum absolute atomic E-state index is 0.116. The molecule has 2 nitrogen and oxygen atoms in total. The van der Waals surface area contributed by atoms with Gasteiger partial charge in [0.25, 0.3) is 0 Å². The summed E-state index contributed by atoms with van der Waals surface area (Å²) >= 11 is 0. The highest BCUT2D eigenvalue weighted by molar-refractivity contribution is 5.21. The second kappa shape index (κ2) is 4.30. The normalized spacial score (nSPS) is 12.9. The highest BCUT2D eigenvalue weighted by Crippen LogP contribution is 2.17. The highest BCUT2D eigenvalue weighted by Gasteiger charge is 2.08. The molecule has 0 aromatic heterocycles. The van der Waals surface area contributed by atoms with Gasteiger partial charge in [0.1, 0.15) is 11.6 Å². The Kier molecular flexibility index (Phi) is 3.33. The molecule has 0 fully saturated rings. The van der Waals surface area contributed by atoms with E-state index in [-0.39, 0.29) is 12.5 Å². The first-order valence-corrected chi connectivity index (χ1v) is 3.91. The fourth-order valence-electron chi connectivity index (χ4n) is 1.10. The second-order valence-corrected chi connectivity index (χ2v) is 2.94. The summed E-state index contributed by atoms with van der Waals surface area (Å²) in [5, 5.41) is 0. The lowest BCUT2D eigenvalue weighted by Crippen LogP contribution is -2.08. The van der Waals surface area contributed by atoms with E-state index in [2.05, 4.69) is 4.84 Å². The zero-order chi connectivity index (χ0) is 9.84. The smallest absolute Gasteiger partial charge is 0.126 e. The van der Waals surface area contributed by atoms with Gasteiger partial charge in [-0.25, -0.2) is 14.7 Å². The molecular weight excluding hydrogens is 176 g/mol. The van der Waals surface area contributed by atoms with Crippen LogP contribution in [0, 0.1) is 11.6 Å². The van der Waals surface area contributed by atoms with Gasteiger partial charge in [0.15, 0.2) is 0 Å². The van der Waals surface area contributed by atoms with Crippen LogP contribution in [0.4, 0.5) is 8.78 Å². The summed E-state index contributed by atoms with van der Waals surface area (Å²) in [5.74, 6) is 3.57. The molecule has 0 spiro atoms. The maximum Gasteiger partial charge on any atom is 0.126 e. The van der Waals surface area contributed by atoms with Crippen LogP contribution >= 0.6 is 0 Å². The van der Waals surface area contributed by atoms with Crippen molar-refractivity contribution in [3.8, 4) is 0 Å². The van der Waals surface area contributed by atoms with E-state index in [0.717, 1.165) is 6.07 Å². The van der Waals surface area contributed by atoms with Crippen molar-refractivity contribution in [1.29, 1.82) is 0 Å². The van der Waals surface area contributed by atoms with E-state index in [9.17, 15) is 8.78 Å². The predicted octanol–water partition coefficient (Wildman–Crippen LogP) is 1.96. The molecule has 0 heterocycles. The van der Waals surface area contributed by atoms with Crippen molar-refractivity contribution in [3.63, 3.8) is 0 Å². The molecule has 0 amide bonds. The van der Waals surface area contributed by atoms with Crippen LogP contribution < -0.4 is 5.90 Å². The Hall–Kier alpha value is -1.00. The molecule has 0 saturated carbocycles. The van der Waals surface area contributed by atoms with E-state index in [0.29, 0.717) is 5.56 Å². The molecule has 0 radical (unpaired) electrons. The summed E-state index contributed by atoms with van der Waals surface area (Å²) in [4.78, 5) is 4.39. The first-order chi connectivity index (χ1) is 6.13. The second-order valence-electron chi connectivity index (χ2n) is 2.94. The molecule has 1 unspecified atom stereocenters. The standard InChI is InChI=1S/C9H11F2NO/c1-6(5-13-12)7-2-8(10)4-9(11)3-7/h2-4,6H,5,12H2,1H3. The van der Waals surface area contributed by atoms with Crippen molar-refractivity contribution in [1.82, 2.24) is 0 Å². The van der Waals surface area contributed by atoms with Gasteiger partial charge < -0.3 is 4.84 Å². The highest BCUT2D eigenvalue weighted by atomic mass is 19.1. The molecule has 0 aliphatic carbocycles. The Morgan fingerprint density at radius 3 is 2.31 bits per heavy atom. The predicted molar refractivity (Wildman–Crippen MR) is 44.9 cm³/mol. The molecular formula is C9H11F2NO. The Morgan fingerprint density at radius 2 is 1.85 bits per heavy atom. The summed E-state index contributed by atoms with van der Waals surface area (Å²) in [7, 11) is 0. The number of nitrogens with two attached hydrogens (primary N) is 1. The average molecular weight is 187 g/mol. The van der Waals surface area contributed by atoms with Gasteiger partial charge in [0.2, 0.25) is 0 Å². The average Bonchev–Trinajstić information content (AvgIpc) is 2.03. The van der Waals surface area contributed by atoms with Crippen molar-refractivity contribution >= 4 is 0 Å². The quantitative estimate of drug-likeness (QED) is 0.734. The van der Waals surface area contributed by atoms with Gasteiger partial charge in [-0.2, -0.15) is 0 Å². The molecule has 2 N–H and O–H groups in total. The van der Waals surface area contributed by atoms with Crippen molar-refractivity contribution in [2.24, 2.45) is 5.90 Å². The van der Waals surface area contributed by atoms with E-state index < -0.39 is 11.6 Å². The molecule has 1 rings (SSSR count). The van der Waals surface area contributed by atoms with Gasteiger partial charge in [0, 0.05) is 12.0 Å². The maximum absolute atomic E-state index is 12.7. The van der Waals surface area contributed by atoms with Gasteiger partial charge in [-0.15, -0.1) is 0 Å². The summed E-state index contributed by atoms with van der Waals surface area (Å²) in [6.07, 6.45) is 0. The lowest BCUT2D eigenvalue weighted by molar-refractivity contribution is 0.126. The van der Waals surface area contributed by atoms with Gasteiger partial charge in [0.05, 0.1) is 6.61 Å². The number of benzene rings is 1. The van der Waals surface area contributed by atoms with E-state index >= 15 is 0 Å². The molecule has 0 bridgehead atoms. The van der Waals surface area contributed by atoms with Crippen molar-refractivity contribution in [2.75, 3.05) is 6.61 Å². The molecule has 13 heavy (non-hydrogen) atoms. The van der Waals surface area contributed by atoms with Crippen molar-refractivity contribution < 1.29 is 13.6 Å². The van der Waals surface area contributed by atoms with Crippen LogP contribution in [0.2, 0.25) is 0 Å². The fourth-order valence-corrected chi connectivity index (χ4v) is 1.10. The van der Waals surface area contributed by atoms with E-state index in [4.69, 9.17) is 5.90 Å². The van der Waals surface area contributed by atoms with Gasteiger partial charge in [-0.1, -0.05) is 6.92 Å². The first kappa shape index (κ1) is 10.1. The van der Waals surface area contributed by atoms with Crippen LogP contribution in [0.1, 0.15) is 18.4 Å². The third kappa shape index (κ3) is 2.75. The number of hydrogen-bond acceptors (Lipinski definition) is 2. The lowest BCUT2D eigenvalue weighted by atomic mass is 10.0. The minimum Gasteiger partial charge on any atom is -0.304 e. The van der Waals surface area contributed by atoms with Crippen LogP contribution in [-0.4, -0.2) is 6.61 Å². The molecule has 1 aromatic rings. The Labute approximate surface area is 75.3 Å². The number of halogens is 2. The molecule has 1 atom stereocenters. The molecule has 72 valence electrons. The largest absolute Gasteiger partial charge is 0.304 e. The van der Waals surface area contributed by atoms with Crippen molar-refractivity contribution in [3.05, 3.63) is 35.4 Å². The zero-order valence-corrected chi connectivity index (χ0v) is 7.26. The Morgan fingerprint density at radius 1 is 1.31 bits per heavy atom. The summed E-state index contributed by atoms with van der Waals surface area (Å²) in [5.41, 5.74) is 0.544. The molecule has 1 aromatic carbocycles. The van der Waals surface area contributed by atoms with Crippen LogP contribution in [0.3, 0.4) is 0 Å². The van der Waals surface area contributed by atoms with Crippen LogP contribution in [0.25, 0.3) is 0 Å². The summed E-state index contributed by atoms with van der Waals surface area (Å²) in [6, 6.07) is 3.37. The van der Waals surface area contributed by atoms with Crippen LogP contribution in [0.5, 0.6) is 0 Å². The molecule has 0 saturated heterocycles. The number of rotatable bonds is 3. The molecule has 0 aliphatic rings. The fraction of sp³-hybridized carbons (Fsp3) is 0.333. The number of hydrogen-bond donors (Lipinski definition) is 1. The third-order valence-corrected chi connectivity index (χ3v) is 1.80. The van der Waals surface area contributed by atoms with Crippen LogP contribution in [0.15, 0.2) is 18.2 Å². The zero-order valence-electron chi connectivity index (χ0n) is 7.26. The summed E-state index contributed by atoms with van der Waals surface area (Å²) in [6.45, 7) is 2.02.